The van der Waals surface area contributed by atoms with E-state index >= 15 is 0 Å². The lowest BCUT2D eigenvalue weighted by Crippen LogP contribution is -2.20. The first-order chi connectivity index (χ1) is 6.49. The normalized spacial score (nSPS) is 23.1. The third-order valence-electron chi connectivity index (χ3n) is 2.66. The van der Waals surface area contributed by atoms with Gasteiger partial charge in [0, 0.05) is 18.9 Å². The maximum absolute atomic E-state index is 11.3. The second-order valence-corrected chi connectivity index (χ2v) is 5.16. The minimum absolute atomic E-state index is 0.0420. The molecule has 1 atom stereocenters. The minimum Gasteiger partial charge on any atom is -0.376 e. The van der Waals surface area contributed by atoms with Gasteiger partial charge in [0.05, 0.1) is 5.60 Å². The minimum atomic E-state index is -0.0420. The van der Waals surface area contributed by atoms with Crippen LogP contribution in [0.5, 0.6) is 0 Å². The zero-order valence-corrected chi connectivity index (χ0v) is 9.64. The zero-order valence-electron chi connectivity index (χ0n) is 9.64. The van der Waals surface area contributed by atoms with Crippen molar-refractivity contribution in [1.29, 1.82) is 0 Å². The van der Waals surface area contributed by atoms with Crippen LogP contribution in [0.1, 0.15) is 52.9 Å². The van der Waals surface area contributed by atoms with Crippen molar-refractivity contribution >= 4 is 5.78 Å². The van der Waals surface area contributed by atoms with Gasteiger partial charge in [-0.2, -0.15) is 0 Å². The molecule has 2 nitrogen and oxygen atoms in total. The van der Waals surface area contributed by atoms with Crippen LogP contribution in [0.2, 0.25) is 0 Å². The molecule has 1 unspecified atom stereocenters. The molecule has 0 aromatic carbocycles. The first kappa shape index (κ1) is 11.7. The average Bonchev–Trinajstić information content (AvgIpc) is 2.44. The van der Waals surface area contributed by atoms with E-state index in [9.17, 15) is 4.79 Å². The third-order valence-corrected chi connectivity index (χ3v) is 2.66. The van der Waals surface area contributed by atoms with Crippen molar-refractivity contribution < 1.29 is 9.53 Å². The molecule has 1 aliphatic rings. The van der Waals surface area contributed by atoms with Gasteiger partial charge in [0.2, 0.25) is 0 Å². The second kappa shape index (κ2) is 4.92. The molecule has 0 bridgehead atoms. The van der Waals surface area contributed by atoms with Crippen molar-refractivity contribution in [3.8, 4) is 0 Å². The molecule has 0 radical (unpaired) electrons. The molecule has 1 aliphatic carbocycles. The fraction of sp³-hybridized carbons (Fsp3) is 0.917. The van der Waals surface area contributed by atoms with Gasteiger partial charge in [0.15, 0.2) is 0 Å². The zero-order chi connectivity index (χ0) is 10.6. The molecule has 1 rings (SSSR count). The molecule has 0 spiro atoms. The SMILES string of the molecule is CC(C)(C)OCCCC1CCCC1=O. The van der Waals surface area contributed by atoms with Crippen LogP contribution >= 0.6 is 0 Å². The maximum atomic E-state index is 11.3. The lowest BCUT2D eigenvalue weighted by atomic mass is 10.0. The molecule has 0 amide bonds. The van der Waals surface area contributed by atoms with E-state index in [1.54, 1.807) is 0 Å². The van der Waals surface area contributed by atoms with E-state index in [-0.39, 0.29) is 5.60 Å². The Balaban J connectivity index is 2.07. The highest BCUT2D eigenvalue weighted by molar-refractivity contribution is 5.82. The topological polar surface area (TPSA) is 26.3 Å². The Morgan fingerprint density at radius 1 is 1.43 bits per heavy atom. The van der Waals surface area contributed by atoms with Gasteiger partial charge in [0.1, 0.15) is 5.78 Å². The van der Waals surface area contributed by atoms with Crippen LogP contribution in [0, 0.1) is 5.92 Å². The highest BCUT2D eigenvalue weighted by Crippen LogP contribution is 2.25. The van der Waals surface area contributed by atoms with Crippen LogP contribution in [-0.2, 0) is 9.53 Å². The number of Topliss-reactive ketones (excluding diaryl/α,β-unsaturated/α-hetero) is 1. The van der Waals surface area contributed by atoms with E-state index in [0.29, 0.717) is 11.7 Å². The number of rotatable bonds is 4. The Kier molecular flexibility index (Phi) is 4.11. The van der Waals surface area contributed by atoms with Crippen LogP contribution in [0.3, 0.4) is 0 Å². The summed E-state index contributed by atoms with van der Waals surface area (Å²) in [6.07, 6.45) is 5.06. The molecule has 2 heteroatoms. The van der Waals surface area contributed by atoms with Crippen molar-refractivity contribution in [2.45, 2.75) is 58.5 Å². The lowest BCUT2D eigenvalue weighted by molar-refractivity contribution is -0.120. The number of carbonyl (C=O) groups is 1. The second-order valence-electron chi connectivity index (χ2n) is 5.16. The largest absolute Gasteiger partial charge is 0.376 e. The molecular weight excluding hydrogens is 176 g/mol. The van der Waals surface area contributed by atoms with E-state index in [2.05, 4.69) is 20.8 Å². The van der Waals surface area contributed by atoms with Crippen LogP contribution in [-0.4, -0.2) is 18.0 Å². The number of hydrogen-bond acceptors (Lipinski definition) is 2. The number of carbonyl (C=O) groups excluding carboxylic acids is 1. The molecule has 0 aliphatic heterocycles. The molecule has 82 valence electrons. The van der Waals surface area contributed by atoms with Crippen LogP contribution in [0.15, 0.2) is 0 Å². The summed E-state index contributed by atoms with van der Waals surface area (Å²) in [5, 5.41) is 0. The summed E-state index contributed by atoms with van der Waals surface area (Å²) in [6, 6.07) is 0. The van der Waals surface area contributed by atoms with Crippen molar-refractivity contribution in [1.82, 2.24) is 0 Å². The van der Waals surface area contributed by atoms with E-state index in [4.69, 9.17) is 4.74 Å². The summed E-state index contributed by atoms with van der Waals surface area (Å²) in [6.45, 7) is 6.97. The van der Waals surface area contributed by atoms with E-state index in [1.165, 1.54) is 0 Å². The van der Waals surface area contributed by atoms with Gasteiger partial charge in [-0.25, -0.2) is 0 Å². The van der Waals surface area contributed by atoms with Gasteiger partial charge in [-0.3, -0.25) is 4.79 Å². The Morgan fingerprint density at radius 3 is 2.64 bits per heavy atom. The maximum Gasteiger partial charge on any atom is 0.135 e. The van der Waals surface area contributed by atoms with Crippen molar-refractivity contribution in [3.05, 3.63) is 0 Å². The fourth-order valence-corrected chi connectivity index (χ4v) is 1.90. The predicted octanol–water partition coefficient (Wildman–Crippen LogP) is 2.95. The summed E-state index contributed by atoms with van der Waals surface area (Å²) in [7, 11) is 0. The summed E-state index contributed by atoms with van der Waals surface area (Å²) >= 11 is 0. The molecule has 1 fully saturated rings. The highest BCUT2D eigenvalue weighted by Gasteiger charge is 2.23. The fourth-order valence-electron chi connectivity index (χ4n) is 1.90. The Bertz CT molecular complexity index is 191. The van der Waals surface area contributed by atoms with Crippen LogP contribution < -0.4 is 0 Å². The first-order valence-electron chi connectivity index (χ1n) is 5.66. The van der Waals surface area contributed by atoms with E-state index in [0.717, 1.165) is 38.7 Å². The van der Waals surface area contributed by atoms with Gasteiger partial charge in [0.25, 0.3) is 0 Å². The van der Waals surface area contributed by atoms with Gasteiger partial charge in [-0.1, -0.05) is 0 Å². The summed E-state index contributed by atoms with van der Waals surface area (Å²) in [5.74, 6) is 0.819. The molecule has 0 saturated heterocycles. The number of hydrogen-bond donors (Lipinski definition) is 0. The lowest BCUT2D eigenvalue weighted by Gasteiger charge is -2.19. The van der Waals surface area contributed by atoms with Crippen molar-refractivity contribution in [2.75, 3.05) is 6.61 Å². The van der Waals surface area contributed by atoms with Gasteiger partial charge < -0.3 is 4.74 Å². The van der Waals surface area contributed by atoms with Gasteiger partial charge in [-0.15, -0.1) is 0 Å². The summed E-state index contributed by atoms with van der Waals surface area (Å²) in [5.41, 5.74) is -0.0420. The molecular formula is C12H22O2. The Labute approximate surface area is 87.0 Å². The molecule has 0 aromatic rings. The van der Waals surface area contributed by atoms with E-state index < -0.39 is 0 Å². The Morgan fingerprint density at radius 2 is 2.14 bits per heavy atom. The van der Waals surface area contributed by atoms with Crippen LogP contribution in [0.4, 0.5) is 0 Å². The molecule has 0 heterocycles. The smallest absolute Gasteiger partial charge is 0.135 e. The van der Waals surface area contributed by atoms with Crippen LogP contribution in [0.25, 0.3) is 0 Å². The summed E-state index contributed by atoms with van der Waals surface area (Å²) < 4.78 is 5.61. The van der Waals surface area contributed by atoms with Crippen molar-refractivity contribution in [2.24, 2.45) is 5.92 Å². The first-order valence-corrected chi connectivity index (χ1v) is 5.66. The van der Waals surface area contributed by atoms with E-state index in [1.807, 2.05) is 0 Å². The summed E-state index contributed by atoms with van der Waals surface area (Å²) in [4.78, 5) is 11.3. The molecule has 0 N–H and O–H groups in total. The third kappa shape index (κ3) is 4.23. The molecule has 0 aromatic heterocycles. The highest BCUT2D eigenvalue weighted by atomic mass is 16.5. The van der Waals surface area contributed by atoms with Crippen molar-refractivity contribution in [3.63, 3.8) is 0 Å². The predicted molar refractivity (Wildman–Crippen MR) is 57.3 cm³/mol. The Hall–Kier alpha value is -0.370. The molecule has 1 saturated carbocycles. The number of ether oxygens (including phenoxy) is 1. The van der Waals surface area contributed by atoms with Gasteiger partial charge in [-0.05, 0) is 46.5 Å². The monoisotopic (exact) mass is 198 g/mol. The quantitative estimate of drug-likeness (QED) is 0.649. The number of ketones is 1. The molecule has 14 heavy (non-hydrogen) atoms. The average molecular weight is 198 g/mol. The van der Waals surface area contributed by atoms with Gasteiger partial charge >= 0.3 is 0 Å². The standard InChI is InChI=1S/C12H22O2/c1-12(2,3)14-9-5-7-10-6-4-8-11(10)13/h10H,4-9H2,1-3H3.